The number of aromatic nitrogens is 2. The van der Waals surface area contributed by atoms with Gasteiger partial charge in [0, 0.05) is 12.4 Å². The number of rotatable bonds is 3. The molecule has 0 amide bonds. The van der Waals surface area contributed by atoms with Crippen LogP contribution in [0.1, 0.15) is 0 Å². The second kappa shape index (κ2) is 8.99. The summed E-state index contributed by atoms with van der Waals surface area (Å²) in [5.74, 6) is 1.74. The van der Waals surface area contributed by atoms with Crippen LogP contribution >= 0.6 is 0 Å². The van der Waals surface area contributed by atoms with Gasteiger partial charge in [-0.25, -0.2) is 0 Å². The summed E-state index contributed by atoms with van der Waals surface area (Å²) in [6.45, 7) is 0. The van der Waals surface area contributed by atoms with E-state index in [2.05, 4.69) is 9.97 Å². The Labute approximate surface area is 147 Å². The third-order valence-electron chi connectivity index (χ3n) is 3.31. The summed E-state index contributed by atoms with van der Waals surface area (Å²) in [7, 11) is 0. The Kier molecular flexibility index (Phi) is 5.90. The monoisotopic (exact) mass is 326 g/mol. The van der Waals surface area contributed by atoms with E-state index < -0.39 is 0 Å². The first-order chi connectivity index (χ1) is 12.4. The van der Waals surface area contributed by atoms with E-state index in [0.717, 1.165) is 22.9 Å². The van der Waals surface area contributed by atoms with Crippen molar-refractivity contribution >= 4 is 0 Å². The molecule has 0 saturated carbocycles. The van der Waals surface area contributed by atoms with Gasteiger partial charge in [-0.05, 0) is 48.5 Å². The van der Waals surface area contributed by atoms with Crippen molar-refractivity contribution < 1.29 is 4.74 Å². The highest BCUT2D eigenvalue weighted by atomic mass is 16.5. The molecule has 122 valence electrons. The highest BCUT2D eigenvalue weighted by Gasteiger charge is 1.95. The molecular weight excluding hydrogens is 308 g/mol. The van der Waals surface area contributed by atoms with E-state index in [4.69, 9.17) is 4.74 Å². The highest BCUT2D eigenvalue weighted by Crippen LogP contribution is 2.19. The van der Waals surface area contributed by atoms with E-state index in [1.54, 1.807) is 12.4 Å². The molecule has 2 aromatic carbocycles. The molecule has 3 heteroatoms. The fraction of sp³-hybridized carbons (Fsp3) is 0. The quantitative estimate of drug-likeness (QED) is 0.490. The lowest BCUT2D eigenvalue weighted by atomic mass is 10.2. The van der Waals surface area contributed by atoms with Gasteiger partial charge in [0.2, 0.25) is 0 Å². The molecule has 4 aromatic rings. The van der Waals surface area contributed by atoms with Crippen molar-refractivity contribution in [1.82, 2.24) is 9.97 Å². The van der Waals surface area contributed by atoms with Crippen LogP contribution in [0.5, 0.6) is 11.5 Å². The average Bonchev–Trinajstić information content (AvgIpc) is 2.71. The third-order valence-corrected chi connectivity index (χ3v) is 3.31. The van der Waals surface area contributed by atoms with Crippen molar-refractivity contribution in [3.8, 4) is 22.9 Å². The average molecular weight is 326 g/mol. The second-order valence-electron chi connectivity index (χ2n) is 5.16. The Morgan fingerprint density at radius 2 is 0.840 bits per heavy atom. The maximum Gasteiger partial charge on any atom is 0.127 e. The molecule has 0 radical (unpaired) electrons. The van der Waals surface area contributed by atoms with Gasteiger partial charge in [0.15, 0.2) is 0 Å². The highest BCUT2D eigenvalue weighted by molar-refractivity contribution is 5.52. The Balaban J connectivity index is 0.000000146. The molecule has 2 aromatic heterocycles. The molecule has 0 aliphatic carbocycles. The van der Waals surface area contributed by atoms with Gasteiger partial charge in [0.05, 0.1) is 11.4 Å². The lowest BCUT2D eigenvalue weighted by Gasteiger charge is -2.03. The summed E-state index contributed by atoms with van der Waals surface area (Å²) in [5.41, 5.74) is 1.83. The first-order valence-electron chi connectivity index (χ1n) is 8.02. The van der Waals surface area contributed by atoms with E-state index >= 15 is 0 Å². The number of ether oxygens (including phenoxy) is 1. The minimum atomic E-state index is 0.869. The molecule has 0 saturated heterocycles. The van der Waals surface area contributed by atoms with E-state index in [1.165, 1.54) is 0 Å². The largest absolute Gasteiger partial charge is 0.457 e. The van der Waals surface area contributed by atoms with Gasteiger partial charge in [0.25, 0.3) is 0 Å². The predicted molar refractivity (Wildman–Crippen MR) is 100 cm³/mol. The molecule has 0 spiro atoms. The van der Waals surface area contributed by atoms with Gasteiger partial charge in [-0.3, -0.25) is 9.97 Å². The van der Waals surface area contributed by atoms with Crippen LogP contribution in [0.2, 0.25) is 0 Å². The summed E-state index contributed by atoms with van der Waals surface area (Å²) in [6.07, 6.45) is 3.54. The number of pyridine rings is 2. The van der Waals surface area contributed by atoms with Gasteiger partial charge in [-0.2, -0.15) is 0 Å². The first kappa shape index (κ1) is 16.4. The molecule has 0 atom stereocenters. The fourth-order valence-corrected chi connectivity index (χ4v) is 2.14. The fourth-order valence-electron chi connectivity index (χ4n) is 2.14. The molecule has 0 aliphatic rings. The van der Waals surface area contributed by atoms with Gasteiger partial charge in [0.1, 0.15) is 11.5 Å². The summed E-state index contributed by atoms with van der Waals surface area (Å²) in [6, 6.07) is 31.1. The van der Waals surface area contributed by atoms with Crippen LogP contribution in [0.25, 0.3) is 11.4 Å². The van der Waals surface area contributed by atoms with Crippen molar-refractivity contribution in [2.75, 3.05) is 0 Å². The maximum absolute atomic E-state index is 5.58. The zero-order valence-electron chi connectivity index (χ0n) is 13.7. The van der Waals surface area contributed by atoms with Crippen LogP contribution in [0, 0.1) is 0 Å². The van der Waals surface area contributed by atoms with Crippen LogP contribution in [-0.2, 0) is 0 Å². The van der Waals surface area contributed by atoms with Crippen LogP contribution in [0.4, 0.5) is 0 Å². The number of benzene rings is 2. The smallest absolute Gasteiger partial charge is 0.127 e. The summed E-state index contributed by atoms with van der Waals surface area (Å²) in [5, 5.41) is 0. The molecule has 0 bridgehead atoms. The normalized spacial score (nSPS) is 9.60. The Bertz CT molecular complexity index is 776. The minimum absolute atomic E-state index is 0.869. The van der Waals surface area contributed by atoms with Gasteiger partial charge >= 0.3 is 0 Å². The molecule has 4 rings (SSSR count). The summed E-state index contributed by atoms with van der Waals surface area (Å²) in [4.78, 5) is 8.37. The number of para-hydroxylation sites is 2. The minimum Gasteiger partial charge on any atom is -0.457 e. The Morgan fingerprint density at radius 1 is 0.440 bits per heavy atom. The molecule has 2 heterocycles. The van der Waals surface area contributed by atoms with Crippen molar-refractivity contribution in [2.45, 2.75) is 0 Å². The molecule has 25 heavy (non-hydrogen) atoms. The predicted octanol–water partition coefficient (Wildman–Crippen LogP) is 5.62. The second-order valence-corrected chi connectivity index (χ2v) is 5.16. The van der Waals surface area contributed by atoms with Crippen molar-refractivity contribution in [2.24, 2.45) is 0 Å². The summed E-state index contributed by atoms with van der Waals surface area (Å²) >= 11 is 0. The topological polar surface area (TPSA) is 35.0 Å². The zero-order chi connectivity index (χ0) is 17.2. The molecule has 3 nitrogen and oxygen atoms in total. The SMILES string of the molecule is c1ccc(-c2ccccn2)nc1.c1ccc(Oc2ccccc2)cc1. The molecule has 0 fully saturated rings. The number of hydrogen-bond acceptors (Lipinski definition) is 3. The third kappa shape index (κ3) is 5.29. The van der Waals surface area contributed by atoms with Crippen molar-refractivity contribution in [1.29, 1.82) is 0 Å². The molecule has 0 N–H and O–H groups in total. The van der Waals surface area contributed by atoms with Crippen LogP contribution in [0.3, 0.4) is 0 Å². The van der Waals surface area contributed by atoms with Crippen LogP contribution in [0.15, 0.2) is 109 Å². The van der Waals surface area contributed by atoms with E-state index in [0.29, 0.717) is 0 Å². The zero-order valence-corrected chi connectivity index (χ0v) is 13.7. The van der Waals surface area contributed by atoms with E-state index in [-0.39, 0.29) is 0 Å². The maximum atomic E-state index is 5.58. The van der Waals surface area contributed by atoms with Crippen LogP contribution < -0.4 is 4.74 Å². The number of nitrogens with zero attached hydrogens (tertiary/aromatic N) is 2. The van der Waals surface area contributed by atoms with Crippen LogP contribution in [-0.4, -0.2) is 9.97 Å². The molecular formula is C22H18N2O. The number of hydrogen-bond donors (Lipinski definition) is 0. The standard InChI is InChI=1S/C12H10O.C10H8N2/c1-3-7-11(8-4-1)13-12-9-5-2-6-10-12;1-3-7-11-9(5-1)10-6-2-4-8-12-10/h1-10H;1-8H. The van der Waals surface area contributed by atoms with Gasteiger partial charge < -0.3 is 4.74 Å². The van der Waals surface area contributed by atoms with Gasteiger partial charge in [-0.1, -0.05) is 48.5 Å². The van der Waals surface area contributed by atoms with E-state index in [9.17, 15) is 0 Å². The van der Waals surface area contributed by atoms with E-state index in [1.807, 2.05) is 97.1 Å². The van der Waals surface area contributed by atoms with Crippen molar-refractivity contribution in [3.05, 3.63) is 109 Å². The Hall–Kier alpha value is -3.46. The Morgan fingerprint density at radius 3 is 1.20 bits per heavy atom. The van der Waals surface area contributed by atoms with Crippen molar-refractivity contribution in [3.63, 3.8) is 0 Å². The molecule has 0 aliphatic heterocycles. The van der Waals surface area contributed by atoms with Gasteiger partial charge in [-0.15, -0.1) is 0 Å². The lowest BCUT2D eigenvalue weighted by molar-refractivity contribution is 0.482. The summed E-state index contributed by atoms with van der Waals surface area (Å²) < 4.78 is 5.58. The molecule has 0 unspecified atom stereocenters. The first-order valence-corrected chi connectivity index (χ1v) is 8.02. The lowest BCUT2D eigenvalue weighted by Crippen LogP contribution is -1.83.